The van der Waals surface area contributed by atoms with Crippen LogP contribution in [-0.2, 0) is 17.9 Å². The van der Waals surface area contributed by atoms with E-state index in [1.54, 1.807) is 0 Å². The Morgan fingerprint density at radius 3 is 2.11 bits per heavy atom. The van der Waals surface area contributed by atoms with Crippen molar-refractivity contribution in [3.8, 4) is 0 Å². The van der Waals surface area contributed by atoms with Crippen LogP contribution in [0.1, 0.15) is 53.1 Å². The van der Waals surface area contributed by atoms with Crippen molar-refractivity contribution in [3.05, 3.63) is 17.7 Å². The normalized spacial score (nSPS) is 13.3. The van der Waals surface area contributed by atoms with E-state index in [9.17, 15) is 0 Å². The number of aromatic nitrogens is 4. The van der Waals surface area contributed by atoms with Crippen LogP contribution in [-0.4, -0.2) is 19.7 Å². The van der Waals surface area contributed by atoms with Gasteiger partial charge in [-0.3, -0.25) is 4.68 Å². The van der Waals surface area contributed by atoms with Crippen LogP contribution in [0.5, 0.6) is 0 Å². The monoisotopic (exact) mass is 246 g/mol. The summed E-state index contributed by atoms with van der Waals surface area (Å²) < 4.78 is 1.86. The smallest absolute Gasteiger partial charge is 0.134 e. The van der Waals surface area contributed by atoms with Crippen LogP contribution in [0.4, 0.5) is 0 Å². The molecular formula is C14H22N4. The quantitative estimate of drug-likeness (QED) is 0.717. The first-order valence-electron chi connectivity index (χ1n) is 6.31. The van der Waals surface area contributed by atoms with Crippen LogP contribution in [0.2, 0.25) is 0 Å². The highest BCUT2D eigenvalue weighted by Crippen LogP contribution is 2.29. The molecule has 0 aromatic carbocycles. The molecule has 0 atom stereocenters. The largest absolute Gasteiger partial charge is 0.264 e. The lowest BCUT2D eigenvalue weighted by atomic mass is 9.91. The van der Waals surface area contributed by atoms with Gasteiger partial charge in [0.2, 0.25) is 0 Å². The lowest BCUT2D eigenvalue weighted by Gasteiger charge is -2.18. The summed E-state index contributed by atoms with van der Waals surface area (Å²) >= 11 is 0. The summed E-state index contributed by atoms with van der Waals surface area (Å²) in [5.41, 5.74) is 2.95. The average Bonchev–Trinajstić information content (AvgIpc) is 2.54. The summed E-state index contributed by atoms with van der Waals surface area (Å²) in [6, 6.07) is 0. The van der Waals surface area contributed by atoms with Crippen molar-refractivity contribution in [2.24, 2.45) is 7.05 Å². The second-order valence-corrected chi connectivity index (χ2v) is 6.90. The Kier molecular flexibility index (Phi) is 2.72. The molecule has 0 saturated carbocycles. The van der Waals surface area contributed by atoms with Crippen LogP contribution in [0.15, 0.2) is 6.20 Å². The molecule has 0 aliphatic rings. The minimum absolute atomic E-state index is 0.0109. The lowest BCUT2D eigenvalue weighted by molar-refractivity contribution is 0.544. The van der Waals surface area contributed by atoms with E-state index in [0.717, 1.165) is 22.6 Å². The molecule has 0 aliphatic heterocycles. The van der Waals surface area contributed by atoms with Crippen molar-refractivity contribution in [3.63, 3.8) is 0 Å². The first kappa shape index (κ1) is 13.0. The predicted molar refractivity (Wildman–Crippen MR) is 73.7 cm³/mol. The molecule has 2 aromatic rings. The van der Waals surface area contributed by atoms with Crippen molar-refractivity contribution in [2.45, 2.75) is 52.4 Å². The third kappa shape index (κ3) is 2.11. The third-order valence-corrected chi connectivity index (χ3v) is 2.97. The highest BCUT2D eigenvalue weighted by Gasteiger charge is 2.25. The fraction of sp³-hybridized carbons (Fsp3) is 0.643. The zero-order chi connectivity index (χ0) is 13.7. The zero-order valence-corrected chi connectivity index (χ0v) is 12.4. The maximum Gasteiger partial charge on any atom is 0.134 e. The van der Waals surface area contributed by atoms with Gasteiger partial charge >= 0.3 is 0 Å². The highest BCUT2D eigenvalue weighted by molar-refractivity contribution is 5.77. The number of hydrogen-bond donors (Lipinski definition) is 0. The van der Waals surface area contributed by atoms with E-state index in [1.807, 2.05) is 17.9 Å². The summed E-state index contributed by atoms with van der Waals surface area (Å²) in [5.74, 6) is 0.869. The summed E-state index contributed by atoms with van der Waals surface area (Å²) in [6.45, 7) is 12.9. The summed E-state index contributed by atoms with van der Waals surface area (Å²) in [6.07, 6.45) is 1.88. The molecule has 0 N–H and O–H groups in total. The van der Waals surface area contributed by atoms with Gasteiger partial charge in [-0.05, 0) is 0 Å². The molecule has 4 heteroatoms. The van der Waals surface area contributed by atoms with Gasteiger partial charge in [0, 0.05) is 17.9 Å². The van der Waals surface area contributed by atoms with Gasteiger partial charge in [0.15, 0.2) is 0 Å². The van der Waals surface area contributed by atoms with E-state index in [1.165, 1.54) is 0 Å². The van der Waals surface area contributed by atoms with E-state index < -0.39 is 0 Å². The average molecular weight is 246 g/mol. The molecule has 0 bridgehead atoms. The molecule has 0 radical (unpaired) electrons. The molecule has 2 heterocycles. The van der Waals surface area contributed by atoms with Crippen LogP contribution in [0, 0.1) is 0 Å². The highest BCUT2D eigenvalue weighted by atomic mass is 15.3. The maximum atomic E-state index is 4.74. The minimum Gasteiger partial charge on any atom is -0.264 e. The van der Waals surface area contributed by atoms with Crippen molar-refractivity contribution in [2.75, 3.05) is 0 Å². The van der Waals surface area contributed by atoms with Gasteiger partial charge < -0.3 is 0 Å². The molecule has 4 nitrogen and oxygen atoms in total. The Bertz CT molecular complexity index is 582. The van der Waals surface area contributed by atoms with Crippen LogP contribution in [0.25, 0.3) is 11.0 Å². The Morgan fingerprint density at radius 1 is 1.00 bits per heavy atom. The SMILES string of the molecule is Cn1nc(C(C)(C)C)c2nc(C(C)(C)C)ncc21. The summed E-state index contributed by atoms with van der Waals surface area (Å²) in [4.78, 5) is 9.20. The second kappa shape index (κ2) is 3.77. The first-order chi connectivity index (χ1) is 8.10. The fourth-order valence-electron chi connectivity index (χ4n) is 1.90. The summed E-state index contributed by atoms with van der Waals surface area (Å²) in [5, 5.41) is 4.60. The Morgan fingerprint density at radius 2 is 1.61 bits per heavy atom. The second-order valence-electron chi connectivity index (χ2n) is 6.90. The molecule has 0 amide bonds. The Labute approximate surface area is 108 Å². The van der Waals surface area contributed by atoms with Gasteiger partial charge in [0.05, 0.1) is 11.9 Å². The van der Waals surface area contributed by atoms with Crippen LogP contribution >= 0.6 is 0 Å². The fourth-order valence-corrected chi connectivity index (χ4v) is 1.90. The van der Waals surface area contributed by atoms with Gasteiger partial charge in [-0.1, -0.05) is 41.5 Å². The molecule has 2 aromatic heterocycles. The van der Waals surface area contributed by atoms with Crippen molar-refractivity contribution >= 4 is 11.0 Å². The number of rotatable bonds is 0. The van der Waals surface area contributed by atoms with E-state index in [4.69, 9.17) is 4.98 Å². The maximum absolute atomic E-state index is 4.74. The van der Waals surface area contributed by atoms with Gasteiger partial charge in [0.1, 0.15) is 16.9 Å². The van der Waals surface area contributed by atoms with Gasteiger partial charge in [-0.2, -0.15) is 5.10 Å². The zero-order valence-electron chi connectivity index (χ0n) is 12.4. The van der Waals surface area contributed by atoms with Crippen molar-refractivity contribution in [1.82, 2.24) is 19.7 Å². The Balaban J connectivity index is 2.75. The van der Waals surface area contributed by atoms with Crippen molar-refractivity contribution < 1.29 is 0 Å². The molecule has 0 spiro atoms. The molecule has 2 rings (SSSR count). The van der Waals surface area contributed by atoms with E-state index >= 15 is 0 Å². The number of aryl methyl sites for hydroxylation is 1. The minimum atomic E-state index is -0.0425. The standard InChI is InChI=1S/C14H22N4/c1-13(2,3)11-10-9(18(7)17-11)8-15-12(16-10)14(4,5)6/h8H,1-7H3. The van der Waals surface area contributed by atoms with E-state index in [0.29, 0.717) is 0 Å². The Hall–Kier alpha value is -1.45. The molecule has 0 unspecified atom stereocenters. The summed E-state index contributed by atoms with van der Waals surface area (Å²) in [7, 11) is 1.94. The topological polar surface area (TPSA) is 43.6 Å². The molecule has 0 fully saturated rings. The number of nitrogens with zero attached hydrogens (tertiary/aromatic N) is 4. The third-order valence-electron chi connectivity index (χ3n) is 2.97. The predicted octanol–water partition coefficient (Wildman–Crippen LogP) is 2.96. The van der Waals surface area contributed by atoms with Gasteiger partial charge in [-0.15, -0.1) is 0 Å². The molecule has 0 aliphatic carbocycles. The van der Waals surface area contributed by atoms with Gasteiger partial charge in [-0.25, -0.2) is 9.97 Å². The first-order valence-corrected chi connectivity index (χ1v) is 6.31. The van der Waals surface area contributed by atoms with Crippen LogP contribution < -0.4 is 0 Å². The molecule has 98 valence electrons. The lowest BCUT2D eigenvalue weighted by Crippen LogP contribution is -2.17. The van der Waals surface area contributed by atoms with E-state index in [-0.39, 0.29) is 10.8 Å². The number of hydrogen-bond acceptors (Lipinski definition) is 3. The van der Waals surface area contributed by atoms with Gasteiger partial charge in [0.25, 0.3) is 0 Å². The number of fused-ring (bicyclic) bond motifs is 1. The van der Waals surface area contributed by atoms with Crippen molar-refractivity contribution in [1.29, 1.82) is 0 Å². The van der Waals surface area contributed by atoms with E-state index in [2.05, 4.69) is 51.6 Å². The molecule has 0 saturated heterocycles. The van der Waals surface area contributed by atoms with Crippen LogP contribution in [0.3, 0.4) is 0 Å². The molecular weight excluding hydrogens is 224 g/mol. The molecule has 18 heavy (non-hydrogen) atoms.